The Morgan fingerprint density at radius 1 is 1.16 bits per heavy atom. The van der Waals surface area contributed by atoms with Gasteiger partial charge in [0.1, 0.15) is 18.2 Å². The van der Waals surface area contributed by atoms with E-state index in [0.29, 0.717) is 5.82 Å². The highest BCUT2D eigenvalue weighted by atomic mass is 19.1. The summed E-state index contributed by atoms with van der Waals surface area (Å²) in [6.07, 6.45) is 0. The van der Waals surface area contributed by atoms with Gasteiger partial charge >= 0.3 is 0 Å². The largest absolute Gasteiger partial charge is 0.633 e. The van der Waals surface area contributed by atoms with Crippen molar-refractivity contribution in [2.24, 2.45) is 0 Å². The zero-order valence-electron chi connectivity index (χ0n) is 19.1. The van der Waals surface area contributed by atoms with Crippen LogP contribution < -0.4 is 10.4 Å². The lowest BCUT2D eigenvalue weighted by Crippen LogP contribution is -3.12. The quantitative estimate of drug-likeness (QED) is 0.616. The van der Waals surface area contributed by atoms with E-state index in [0.717, 1.165) is 27.9 Å². The number of hydrogen-bond acceptors (Lipinski definition) is 3. The van der Waals surface area contributed by atoms with E-state index in [-0.39, 0.29) is 28.9 Å². The summed E-state index contributed by atoms with van der Waals surface area (Å²) in [6, 6.07) is 12.9. The fourth-order valence-electron chi connectivity index (χ4n) is 4.52. The number of amides is 1. The average Bonchev–Trinajstić information content (AvgIpc) is 3.04. The Balaban J connectivity index is 1.83. The molecule has 1 amide bonds. The van der Waals surface area contributed by atoms with Crippen molar-refractivity contribution in [1.82, 2.24) is 9.78 Å². The SMILES string of the molecule is Cc1cccc(C[NH+]([O-])[C@H]2C(=O)Nc3c(c(C)nn3C(C)(C)C)[C@@H]2c2ccc(F)cc2)c1. The van der Waals surface area contributed by atoms with Crippen molar-refractivity contribution in [3.05, 3.63) is 87.5 Å². The molecular formula is C25H29FN4O2. The highest BCUT2D eigenvalue weighted by Crippen LogP contribution is 2.40. The number of fused-ring (bicyclic) bond motifs is 1. The van der Waals surface area contributed by atoms with Gasteiger partial charge in [-0.2, -0.15) is 5.10 Å². The molecule has 32 heavy (non-hydrogen) atoms. The fourth-order valence-corrected chi connectivity index (χ4v) is 4.52. The van der Waals surface area contributed by atoms with Crippen LogP contribution in [0.25, 0.3) is 0 Å². The van der Waals surface area contributed by atoms with Gasteiger partial charge in [0.05, 0.1) is 17.2 Å². The van der Waals surface area contributed by atoms with E-state index in [9.17, 15) is 14.4 Å². The topological polar surface area (TPSA) is 74.4 Å². The van der Waals surface area contributed by atoms with Gasteiger partial charge in [-0.1, -0.05) is 42.0 Å². The Kier molecular flexibility index (Phi) is 5.65. The Bertz CT molecular complexity index is 1150. The predicted octanol–water partition coefficient (Wildman–Crippen LogP) is 3.43. The zero-order valence-corrected chi connectivity index (χ0v) is 19.1. The molecule has 0 saturated carbocycles. The molecule has 3 atom stereocenters. The molecule has 1 unspecified atom stereocenters. The highest BCUT2D eigenvalue weighted by Gasteiger charge is 2.45. The van der Waals surface area contributed by atoms with E-state index < -0.39 is 12.0 Å². The number of hydroxylamine groups is 2. The third-order valence-electron chi connectivity index (χ3n) is 5.95. The second-order valence-electron chi connectivity index (χ2n) is 9.56. The number of benzene rings is 2. The van der Waals surface area contributed by atoms with Crippen LogP contribution in [0, 0.1) is 24.9 Å². The van der Waals surface area contributed by atoms with Crippen molar-refractivity contribution in [1.29, 1.82) is 0 Å². The van der Waals surface area contributed by atoms with Gasteiger partial charge in [-0.15, -0.1) is 0 Å². The molecule has 2 aromatic carbocycles. The van der Waals surface area contributed by atoms with E-state index in [1.807, 2.05) is 58.9 Å². The summed E-state index contributed by atoms with van der Waals surface area (Å²) >= 11 is 0. The number of anilines is 1. The minimum absolute atomic E-state index is 0.152. The standard InChI is InChI=1S/C25H29FN4O2/c1-15-7-6-8-17(13-15)14-29(32)22-21(18-9-11-19(26)12-10-18)20-16(2)28-30(25(3,4)5)23(20)27-24(22)31/h6-13,21-22,29H,14H2,1-5H3,(H,27,31)/t21-,22+/m0/s1. The van der Waals surface area contributed by atoms with E-state index in [4.69, 9.17) is 5.10 Å². The number of rotatable bonds is 4. The maximum Gasteiger partial charge on any atom is 0.285 e. The Hall–Kier alpha value is -3.03. The molecule has 0 aliphatic carbocycles. The van der Waals surface area contributed by atoms with Crippen molar-refractivity contribution < 1.29 is 14.2 Å². The molecule has 0 spiro atoms. The van der Waals surface area contributed by atoms with Crippen LogP contribution in [0.3, 0.4) is 0 Å². The summed E-state index contributed by atoms with van der Waals surface area (Å²) in [5.74, 6) is -0.643. The minimum Gasteiger partial charge on any atom is -0.633 e. The Morgan fingerprint density at radius 3 is 2.47 bits per heavy atom. The first kappa shape index (κ1) is 22.2. The summed E-state index contributed by atoms with van der Waals surface area (Å²) in [7, 11) is 0. The molecule has 1 aromatic heterocycles. The van der Waals surface area contributed by atoms with E-state index in [1.165, 1.54) is 12.1 Å². The number of hydrogen-bond donors (Lipinski definition) is 2. The van der Waals surface area contributed by atoms with Crippen molar-refractivity contribution in [3.63, 3.8) is 0 Å². The fraction of sp³-hybridized carbons (Fsp3) is 0.360. The van der Waals surface area contributed by atoms with Crippen LogP contribution in [-0.2, 0) is 16.9 Å². The molecule has 2 heterocycles. The molecule has 1 aliphatic heterocycles. The van der Waals surface area contributed by atoms with E-state index in [1.54, 1.807) is 16.8 Å². The van der Waals surface area contributed by atoms with Gasteiger partial charge in [0.15, 0.2) is 6.04 Å². The number of nitrogens with one attached hydrogen (secondary N) is 2. The third-order valence-corrected chi connectivity index (χ3v) is 5.95. The summed E-state index contributed by atoms with van der Waals surface area (Å²) in [5, 5.41) is 21.0. The number of carbonyl (C=O) groups is 1. The van der Waals surface area contributed by atoms with Crippen molar-refractivity contribution in [3.8, 4) is 0 Å². The first-order chi connectivity index (χ1) is 15.1. The van der Waals surface area contributed by atoms with Gasteiger partial charge < -0.3 is 15.6 Å². The lowest BCUT2D eigenvalue weighted by molar-refractivity contribution is -0.880. The lowest BCUT2D eigenvalue weighted by atomic mass is 9.81. The molecule has 1 aliphatic rings. The monoisotopic (exact) mass is 436 g/mol. The smallest absolute Gasteiger partial charge is 0.285 e. The maximum absolute atomic E-state index is 13.7. The number of aryl methyl sites for hydroxylation is 2. The van der Waals surface area contributed by atoms with Gasteiger partial charge in [-0.3, -0.25) is 4.79 Å². The predicted molar refractivity (Wildman–Crippen MR) is 122 cm³/mol. The van der Waals surface area contributed by atoms with Gasteiger partial charge in [-0.25, -0.2) is 9.07 Å². The molecule has 0 bridgehead atoms. The average molecular weight is 437 g/mol. The molecule has 0 saturated heterocycles. The molecule has 7 heteroatoms. The summed E-state index contributed by atoms with van der Waals surface area (Å²) in [6.45, 7) is 10.0. The first-order valence-electron chi connectivity index (χ1n) is 10.8. The molecule has 4 rings (SSSR count). The van der Waals surface area contributed by atoms with Gasteiger partial charge in [0.25, 0.3) is 5.91 Å². The second-order valence-corrected chi connectivity index (χ2v) is 9.56. The first-order valence-corrected chi connectivity index (χ1v) is 10.8. The number of nitrogens with zero attached hydrogens (tertiary/aromatic N) is 2. The van der Waals surface area contributed by atoms with Gasteiger partial charge in [-0.05, 0) is 52.3 Å². The van der Waals surface area contributed by atoms with E-state index in [2.05, 4.69) is 5.32 Å². The third kappa shape index (κ3) is 4.06. The molecule has 168 valence electrons. The second kappa shape index (κ2) is 8.15. The van der Waals surface area contributed by atoms with Crippen molar-refractivity contribution >= 4 is 11.7 Å². The van der Waals surface area contributed by atoms with Crippen molar-refractivity contribution in [2.45, 2.75) is 58.7 Å². The van der Waals surface area contributed by atoms with Crippen LogP contribution in [0.5, 0.6) is 0 Å². The van der Waals surface area contributed by atoms with Gasteiger partial charge in [0, 0.05) is 11.1 Å². The summed E-state index contributed by atoms with van der Waals surface area (Å²) in [5.41, 5.74) is 3.85. The Labute approximate surface area is 187 Å². The molecule has 6 nitrogen and oxygen atoms in total. The van der Waals surface area contributed by atoms with Crippen LogP contribution in [0.15, 0.2) is 48.5 Å². The van der Waals surface area contributed by atoms with Crippen LogP contribution >= 0.6 is 0 Å². The summed E-state index contributed by atoms with van der Waals surface area (Å²) < 4.78 is 15.5. The van der Waals surface area contributed by atoms with Crippen LogP contribution in [0.4, 0.5) is 10.2 Å². The summed E-state index contributed by atoms with van der Waals surface area (Å²) in [4.78, 5) is 13.3. The Morgan fingerprint density at radius 2 is 1.84 bits per heavy atom. The highest BCUT2D eigenvalue weighted by molar-refractivity contribution is 5.98. The number of aromatic nitrogens is 2. The number of halogens is 1. The zero-order chi connectivity index (χ0) is 23.2. The minimum atomic E-state index is -0.926. The molecule has 2 N–H and O–H groups in total. The maximum atomic E-state index is 13.7. The molecule has 3 aromatic rings. The van der Waals surface area contributed by atoms with Crippen LogP contribution in [0.2, 0.25) is 0 Å². The van der Waals surface area contributed by atoms with E-state index >= 15 is 0 Å². The number of carbonyl (C=O) groups excluding carboxylic acids is 1. The molecule has 0 radical (unpaired) electrons. The normalized spacial score (nSPS) is 19.4. The lowest BCUT2D eigenvalue weighted by Gasteiger charge is -2.39. The van der Waals surface area contributed by atoms with Crippen LogP contribution in [-0.4, -0.2) is 21.7 Å². The van der Waals surface area contributed by atoms with Crippen molar-refractivity contribution in [2.75, 3.05) is 5.32 Å². The van der Waals surface area contributed by atoms with Gasteiger partial charge in [0.2, 0.25) is 0 Å². The number of quaternary nitrogens is 1. The molecule has 0 fully saturated rings. The van der Waals surface area contributed by atoms with Crippen LogP contribution in [0.1, 0.15) is 54.6 Å². The molecular weight excluding hydrogens is 407 g/mol.